The molecule has 0 saturated heterocycles. The molecule has 0 aromatic heterocycles. The zero-order chi connectivity index (χ0) is 17.0. The van der Waals surface area contributed by atoms with E-state index in [4.69, 9.17) is 4.74 Å². The lowest BCUT2D eigenvalue weighted by Crippen LogP contribution is -2.58. The van der Waals surface area contributed by atoms with E-state index in [0.717, 1.165) is 36.6 Å². The third-order valence-electron chi connectivity index (χ3n) is 6.53. The third kappa shape index (κ3) is 2.62. The molecule has 0 spiro atoms. The van der Waals surface area contributed by atoms with Crippen LogP contribution in [0.1, 0.15) is 59.3 Å². The van der Waals surface area contributed by atoms with Crippen LogP contribution in [0.15, 0.2) is 24.3 Å². The molecule has 3 nitrogen and oxygen atoms in total. The standard InChI is InChI=1S/C21H29NO2/c1-4-24-17-7-5-16(6-8-17)22-18(23)21-11-15-9-19(2,13-21)12-20(3,10-15)14-21/h5-8,15H,4,9-14H2,1-3H3,(H,22,23)/t15?,19-,20-,21?/m1/s1. The topological polar surface area (TPSA) is 38.3 Å². The molecule has 0 heterocycles. The molecule has 0 unspecified atom stereocenters. The van der Waals surface area contributed by atoms with Crippen molar-refractivity contribution in [2.75, 3.05) is 11.9 Å². The van der Waals surface area contributed by atoms with Gasteiger partial charge in [0.15, 0.2) is 0 Å². The molecule has 0 aliphatic heterocycles. The van der Waals surface area contributed by atoms with Crippen LogP contribution < -0.4 is 10.1 Å². The average Bonchev–Trinajstić information content (AvgIpc) is 2.46. The molecule has 5 rings (SSSR count). The first-order valence-electron chi connectivity index (χ1n) is 9.38. The highest BCUT2D eigenvalue weighted by Crippen LogP contribution is 2.69. The number of ether oxygens (including phenoxy) is 1. The van der Waals surface area contributed by atoms with Crippen molar-refractivity contribution in [3.05, 3.63) is 24.3 Å². The summed E-state index contributed by atoms with van der Waals surface area (Å²) in [5.74, 6) is 1.83. The van der Waals surface area contributed by atoms with Crippen LogP contribution in [0.2, 0.25) is 0 Å². The molecule has 1 aromatic rings. The van der Waals surface area contributed by atoms with Crippen LogP contribution in [0.25, 0.3) is 0 Å². The van der Waals surface area contributed by atoms with Crippen LogP contribution in [-0.2, 0) is 4.79 Å². The first-order chi connectivity index (χ1) is 11.3. The number of hydrogen-bond acceptors (Lipinski definition) is 2. The Morgan fingerprint density at radius 3 is 2.25 bits per heavy atom. The normalized spacial score (nSPS) is 39.7. The second-order valence-electron chi connectivity index (χ2n) is 9.32. The molecule has 1 N–H and O–H groups in total. The van der Waals surface area contributed by atoms with Crippen LogP contribution in [0, 0.1) is 22.2 Å². The first-order valence-corrected chi connectivity index (χ1v) is 9.38. The summed E-state index contributed by atoms with van der Waals surface area (Å²) in [6.45, 7) is 7.46. The second kappa shape index (κ2) is 5.24. The van der Waals surface area contributed by atoms with Crippen LogP contribution in [0.3, 0.4) is 0 Å². The Hall–Kier alpha value is -1.51. The van der Waals surface area contributed by atoms with Gasteiger partial charge in [0.25, 0.3) is 0 Å². The average molecular weight is 327 g/mol. The molecule has 4 fully saturated rings. The molecule has 4 aliphatic rings. The van der Waals surface area contributed by atoms with E-state index in [9.17, 15) is 4.79 Å². The lowest BCUT2D eigenvalue weighted by Gasteiger charge is -2.64. The van der Waals surface area contributed by atoms with Gasteiger partial charge in [0, 0.05) is 5.69 Å². The van der Waals surface area contributed by atoms with Gasteiger partial charge < -0.3 is 10.1 Å². The molecule has 2 atom stereocenters. The van der Waals surface area contributed by atoms with Gasteiger partial charge in [0.05, 0.1) is 12.0 Å². The number of carbonyl (C=O) groups excluding carboxylic acids is 1. The molecule has 1 aromatic carbocycles. The summed E-state index contributed by atoms with van der Waals surface area (Å²) in [6, 6.07) is 7.77. The van der Waals surface area contributed by atoms with Gasteiger partial charge in [-0.25, -0.2) is 0 Å². The smallest absolute Gasteiger partial charge is 0.230 e. The summed E-state index contributed by atoms with van der Waals surface area (Å²) < 4.78 is 5.48. The highest BCUT2D eigenvalue weighted by atomic mass is 16.5. The van der Waals surface area contributed by atoms with Crippen molar-refractivity contribution in [2.24, 2.45) is 22.2 Å². The first kappa shape index (κ1) is 16.0. The SMILES string of the molecule is CCOc1ccc(NC(=O)C23CC4C[C@@](C)(C2)C[C@@](C)(C4)C3)cc1. The lowest BCUT2D eigenvalue weighted by atomic mass is 9.40. The zero-order valence-electron chi connectivity index (χ0n) is 15.2. The summed E-state index contributed by atoms with van der Waals surface area (Å²) in [4.78, 5) is 13.2. The predicted octanol–water partition coefficient (Wildman–Crippen LogP) is 5.02. The van der Waals surface area contributed by atoms with Crippen LogP contribution >= 0.6 is 0 Å². The molecular formula is C21H29NO2. The third-order valence-corrected chi connectivity index (χ3v) is 6.53. The summed E-state index contributed by atoms with van der Waals surface area (Å²) in [5.41, 5.74) is 1.46. The lowest BCUT2D eigenvalue weighted by molar-refractivity contribution is -0.165. The fourth-order valence-corrected chi connectivity index (χ4v) is 6.77. The van der Waals surface area contributed by atoms with Crippen LogP contribution in [-0.4, -0.2) is 12.5 Å². The molecule has 4 saturated carbocycles. The Bertz CT molecular complexity index is 632. The number of benzene rings is 1. The Kier molecular flexibility index (Phi) is 3.49. The maximum atomic E-state index is 13.2. The fraction of sp³-hybridized carbons (Fsp3) is 0.667. The number of anilines is 1. The summed E-state index contributed by atoms with van der Waals surface area (Å²) in [6.07, 6.45) is 7.15. The molecular weight excluding hydrogens is 298 g/mol. The molecule has 130 valence electrons. The van der Waals surface area contributed by atoms with Gasteiger partial charge >= 0.3 is 0 Å². The molecule has 0 radical (unpaired) electrons. The maximum absolute atomic E-state index is 13.2. The monoisotopic (exact) mass is 327 g/mol. The van der Waals surface area contributed by atoms with E-state index in [1.54, 1.807) is 0 Å². The molecule has 4 aliphatic carbocycles. The highest BCUT2D eigenvalue weighted by Gasteiger charge is 2.62. The van der Waals surface area contributed by atoms with Crippen molar-refractivity contribution in [1.29, 1.82) is 0 Å². The van der Waals surface area contributed by atoms with Crippen LogP contribution in [0.4, 0.5) is 5.69 Å². The van der Waals surface area contributed by atoms with Crippen molar-refractivity contribution in [2.45, 2.75) is 59.3 Å². The number of nitrogens with one attached hydrogen (secondary N) is 1. The number of carbonyl (C=O) groups is 1. The maximum Gasteiger partial charge on any atom is 0.230 e. The quantitative estimate of drug-likeness (QED) is 0.843. The Morgan fingerprint density at radius 1 is 1.08 bits per heavy atom. The highest BCUT2D eigenvalue weighted by molar-refractivity contribution is 5.95. The number of rotatable bonds is 4. The van der Waals surface area contributed by atoms with Crippen molar-refractivity contribution in [3.8, 4) is 5.75 Å². The number of hydrogen-bond donors (Lipinski definition) is 1. The minimum atomic E-state index is -0.151. The van der Waals surface area contributed by atoms with E-state index in [-0.39, 0.29) is 11.3 Å². The molecule has 1 amide bonds. The molecule has 4 bridgehead atoms. The van der Waals surface area contributed by atoms with Crippen molar-refractivity contribution >= 4 is 11.6 Å². The zero-order valence-corrected chi connectivity index (χ0v) is 15.2. The Morgan fingerprint density at radius 2 is 1.71 bits per heavy atom. The van der Waals surface area contributed by atoms with Crippen molar-refractivity contribution in [1.82, 2.24) is 0 Å². The summed E-state index contributed by atoms with van der Waals surface area (Å²) in [7, 11) is 0. The van der Waals surface area contributed by atoms with E-state index in [2.05, 4.69) is 19.2 Å². The van der Waals surface area contributed by atoms with Gasteiger partial charge in [0.1, 0.15) is 5.75 Å². The van der Waals surface area contributed by atoms with Gasteiger partial charge in [-0.15, -0.1) is 0 Å². The van der Waals surface area contributed by atoms with E-state index in [1.807, 2.05) is 31.2 Å². The summed E-state index contributed by atoms with van der Waals surface area (Å²) >= 11 is 0. The Labute approximate surface area is 145 Å². The Balaban J connectivity index is 1.54. The van der Waals surface area contributed by atoms with Gasteiger partial charge in [-0.05, 0) is 86.5 Å². The van der Waals surface area contributed by atoms with Gasteiger partial charge in [-0.1, -0.05) is 13.8 Å². The minimum Gasteiger partial charge on any atom is -0.494 e. The fourth-order valence-electron chi connectivity index (χ4n) is 6.77. The van der Waals surface area contributed by atoms with Gasteiger partial charge in [0.2, 0.25) is 5.91 Å². The van der Waals surface area contributed by atoms with Gasteiger partial charge in [-0.3, -0.25) is 4.79 Å². The van der Waals surface area contributed by atoms with E-state index >= 15 is 0 Å². The second-order valence-corrected chi connectivity index (χ2v) is 9.32. The molecule has 3 heteroatoms. The van der Waals surface area contributed by atoms with Crippen LogP contribution in [0.5, 0.6) is 5.75 Å². The predicted molar refractivity (Wildman–Crippen MR) is 96.1 cm³/mol. The van der Waals surface area contributed by atoms with Crippen molar-refractivity contribution < 1.29 is 9.53 Å². The van der Waals surface area contributed by atoms with E-state index in [0.29, 0.717) is 17.4 Å². The molecule has 24 heavy (non-hydrogen) atoms. The van der Waals surface area contributed by atoms with Crippen molar-refractivity contribution in [3.63, 3.8) is 0 Å². The minimum absolute atomic E-state index is 0.151. The van der Waals surface area contributed by atoms with E-state index < -0.39 is 0 Å². The summed E-state index contributed by atoms with van der Waals surface area (Å²) in [5, 5.41) is 3.21. The van der Waals surface area contributed by atoms with E-state index in [1.165, 1.54) is 19.3 Å². The number of amides is 1. The largest absolute Gasteiger partial charge is 0.494 e. The van der Waals surface area contributed by atoms with Gasteiger partial charge in [-0.2, -0.15) is 0 Å².